The second kappa shape index (κ2) is 14.3. The van der Waals surface area contributed by atoms with E-state index in [9.17, 15) is 0 Å². The Labute approximate surface area is 315 Å². The number of hydrogen-bond acceptors (Lipinski definition) is 4. The topological polar surface area (TPSA) is 69.6 Å². The number of hydrogen-bond donors (Lipinski definition) is 1. The van der Waals surface area contributed by atoms with Gasteiger partial charge in [-0.15, -0.1) is 0 Å². The first-order chi connectivity index (χ1) is 26.6. The summed E-state index contributed by atoms with van der Waals surface area (Å²) >= 11 is 0. The van der Waals surface area contributed by atoms with Crippen molar-refractivity contribution in [3.63, 3.8) is 0 Å². The summed E-state index contributed by atoms with van der Waals surface area (Å²) in [5, 5.41) is 0. The number of aryl methyl sites for hydroxylation is 1. The molecule has 0 bridgehead atoms. The van der Waals surface area contributed by atoms with Crippen LogP contribution in [0.2, 0.25) is 0 Å². The van der Waals surface area contributed by atoms with Crippen molar-refractivity contribution in [2.75, 3.05) is 0 Å². The largest absolute Gasteiger partial charge is 0.399 e. The van der Waals surface area contributed by atoms with Crippen molar-refractivity contribution in [1.29, 1.82) is 0 Å². The first kappa shape index (κ1) is 33.0. The third-order valence-electron chi connectivity index (χ3n) is 10.2. The number of nitrogens with two attached hydrogens (primary N) is 1. The first-order valence-corrected chi connectivity index (χ1v) is 18.6. The van der Waals surface area contributed by atoms with Crippen LogP contribution < -0.4 is 5.73 Å². The van der Waals surface area contributed by atoms with Crippen LogP contribution in [0.3, 0.4) is 0 Å². The summed E-state index contributed by atoms with van der Waals surface area (Å²) in [6.45, 7) is 2.16. The minimum Gasteiger partial charge on any atom is -0.399 e. The van der Waals surface area contributed by atoms with E-state index in [1.807, 2.05) is 18.2 Å². The zero-order chi connectivity index (χ0) is 36.4. The monoisotopic (exact) mass is 697 g/mol. The molecule has 0 fully saturated rings. The van der Waals surface area contributed by atoms with Gasteiger partial charge in [0.25, 0.3) is 0 Å². The van der Waals surface area contributed by atoms with Gasteiger partial charge in [0.05, 0.1) is 22.4 Å². The summed E-state index contributed by atoms with van der Waals surface area (Å²) in [5.74, 6) is 1.96. The molecule has 5 nitrogen and oxygen atoms in total. The maximum absolute atomic E-state index is 6.19. The highest BCUT2D eigenvalue weighted by atomic mass is 15.1. The van der Waals surface area contributed by atoms with E-state index in [1.165, 1.54) is 5.56 Å². The lowest BCUT2D eigenvalue weighted by Crippen LogP contribution is -2.04. The second-order valence-electron chi connectivity index (χ2n) is 13.7. The van der Waals surface area contributed by atoms with Crippen LogP contribution in [-0.4, -0.2) is 19.5 Å². The van der Waals surface area contributed by atoms with Crippen LogP contribution in [0, 0.1) is 0 Å². The van der Waals surface area contributed by atoms with Crippen LogP contribution in [0.4, 0.5) is 0 Å². The molecule has 1 aliphatic rings. The number of imidazole rings is 1. The minimum absolute atomic E-state index is 0.216. The molecular formula is C49H39N5. The van der Waals surface area contributed by atoms with Crippen molar-refractivity contribution in [2.24, 2.45) is 5.73 Å². The number of para-hydroxylation sites is 2. The molecule has 0 saturated carbocycles. The second-order valence-corrected chi connectivity index (χ2v) is 13.7. The SMILES string of the molecule is CCc1nc2ccccc2n1-c1cccc(-c2cccc(-c3ccccc3-c3cc(-c4ccccc4)nc(-c4cccc(C5C=C(N)C=CC5)c4)n3)c2)c1. The standard InChI is InChI=1S/C49H39N5/c1-2-48-51-44-26-8-9-27-47(44)54(48)41-23-13-19-37(31-41)34-16-10-20-38(28-34)42-24-6-7-25-43(42)46-32-45(33-14-4-3-5-15-33)52-49(53-46)39-21-11-17-35(29-39)36-18-12-22-40(50)30-36/h3-17,19-32,36H,2,18,50H2,1H3. The van der Waals surface area contributed by atoms with Gasteiger partial charge in [-0.3, -0.25) is 4.57 Å². The molecular weight excluding hydrogens is 659 g/mol. The Kier molecular flexibility index (Phi) is 8.73. The quantitative estimate of drug-likeness (QED) is 0.172. The third kappa shape index (κ3) is 6.41. The molecule has 6 aromatic carbocycles. The third-order valence-corrected chi connectivity index (χ3v) is 10.2. The van der Waals surface area contributed by atoms with E-state index in [4.69, 9.17) is 20.7 Å². The number of allylic oxidation sites excluding steroid dienone is 3. The number of rotatable bonds is 8. The molecule has 0 radical (unpaired) electrons. The van der Waals surface area contributed by atoms with Crippen LogP contribution in [-0.2, 0) is 6.42 Å². The minimum atomic E-state index is 0.216. The van der Waals surface area contributed by atoms with Crippen molar-refractivity contribution >= 4 is 11.0 Å². The Hall–Kier alpha value is -6.85. The fourth-order valence-electron chi connectivity index (χ4n) is 7.57. The van der Waals surface area contributed by atoms with Crippen LogP contribution in [0.1, 0.15) is 30.7 Å². The molecule has 1 atom stereocenters. The first-order valence-electron chi connectivity index (χ1n) is 18.6. The molecule has 260 valence electrons. The Bertz CT molecular complexity index is 2700. The van der Waals surface area contributed by atoms with Crippen molar-refractivity contribution in [1.82, 2.24) is 19.5 Å². The maximum Gasteiger partial charge on any atom is 0.160 e. The van der Waals surface area contributed by atoms with Crippen molar-refractivity contribution in [2.45, 2.75) is 25.7 Å². The molecule has 0 amide bonds. The van der Waals surface area contributed by atoms with Gasteiger partial charge in [0.1, 0.15) is 5.82 Å². The Morgan fingerprint density at radius 2 is 1.28 bits per heavy atom. The van der Waals surface area contributed by atoms with Crippen molar-refractivity contribution in [3.8, 4) is 61.8 Å². The van der Waals surface area contributed by atoms with Crippen molar-refractivity contribution < 1.29 is 0 Å². The van der Waals surface area contributed by atoms with Gasteiger partial charge in [-0.2, -0.15) is 0 Å². The van der Waals surface area contributed by atoms with Crippen LogP contribution >= 0.6 is 0 Å². The Morgan fingerprint density at radius 1 is 0.593 bits per heavy atom. The Balaban J connectivity index is 1.13. The fraction of sp³-hybridized carbons (Fsp3) is 0.0816. The maximum atomic E-state index is 6.19. The summed E-state index contributed by atoms with van der Waals surface area (Å²) in [6.07, 6.45) is 8.02. The van der Waals surface area contributed by atoms with E-state index in [1.54, 1.807) is 0 Å². The van der Waals surface area contributed by atoms with Crippen LogP contribution in [0.15, 0.2) is 182 Å². The lowest BCUT2D eigenvalue weighted by molar-refractivity contribution is 0.841. The average Bonchev–Trinajstić information content (AvgIpc) is 3.63. The van der Waals surface area contributed by atoms with Gasteiger partial charge in [-0.1, -0.05) is 134 Å². The van der Waals surface area contributed by atoms with Gasteiger partial charge >= 0.3 is 0 Å². The number of nitrogens with zero attached hydrogens (tertiary/aromatic N) is 4. The Morgan fingerprint density at radius 3 is 2.13 bits per heavy atom. The molecule has 2 aromatic heterocycles. The zero-order valence-corrected chi connectivity index (χ0v) is 30.1. The summed E-state index contributed by atoms with van der Waals surface area (Å²) in [7, 11) is 0. The number of aromatic nitrogens is 4. The zero-order valence-electron chi connectivity index (χ0n) is 30.1. The molecule has 2 heterocycles. The predicted octanol–water partition coefficient (Wildman–Crippen LogP) is 11.6. The number of benzene rings is 6. The molecule has 0 spiro atoms. The molecule has 2 N–H and O–H groups in total. The molecule has 0 aliphatic heterocycles. The molecule has 9 rings (SSSR count). The van der Waals surface area contributed by atoms with Crippen LogP contribution in [0.5, 0.6) is 0 Å². The molecule has 8 aromatic rings. The van der Waals surface area contributed by atoms with Gasteiger partial charge in [-0.25, -0.2) is 15.0 Å². The van der Waals surface area contributed by atoms with Crippen molar-refractivity contribution in [3.05, 3.63) is 193 Å². The van der Waals surface area contributed by atoms with Gasteiger partial charge in [0, 0.05) is 40.4 Å². The van der Waals surface area contributed by atoms with Gasteiger partial charge in [-0.05, 0) is 82.8 Å². The molecule has 5 heteroatoms. The number of fused-ring (bicyclic) bond motifs is 1. The highest BCUT2D eigenvalue weighted by molar-refractivity contribution is 5.86. The fourth-order valence-corrected chi connectivity index (χ4v) is 7.57. The molecule has 1 aliphatic carbocycles. The average molecular weight is 698 g/mol. The summed E-state index contributed by atoms with van der Waals surface area (Å²) in [5.41, 5.74) is 20.8. The normalized spacial score (nSPS) is 13.9. The summed E-state index contributed by atoms with van der Waals surface area (Å²) in [6, 6.07) is 55.5. The lowest BCUT2D eigenvalue weighted by atomic mass is 9.90. The molecule has 54 heavy (non-hydrogen) atoms. The predicted molar refractivity (Wildman–Crippen MR) is 222 cm³/mol. The molecule has 0 saturated heterocycles. The van der Waals surface area contributed by atoms with E-state index in [-0.39, 0.29) is 5.92 Å². The summed E-state index contributed by atoms with van der Waals surface area (Å²) < 4.78 is 2.28. The van der Waals surface area contributed by atoms with Gasteiger partial charge < -0.3 is 5.73 Å². The van der Waals surface area contributed by atoms with E-state index >= 15 is 0 Å². The van der Waals surface area contributed by atoms with E-state index in [0.29, 0.717) is 5.82 Å². The lowest BCUT2D eigenvalue weighted by Gasteiger charge is -2.17. The van der Waals surface area contributed by atoms with E-state index in [2.05, 4.69) is 169 Å². The van der Waals surface area contributed by atoms with Gasteiger partial charge in [0.2, 0.25) is 0 Å². The highest BCUT2D eigenvalue weighted by Crippen LogP contribution is 2.37. The van der Waals surface area contributed by atoms with Crippen LogP contribution in [0.25, 0.3) is 72.9 Å². The summed E-state index contributed by atoms with van der Waals surface area (Å²) in [4.78, 5) is 15.3. The van der Waals surface area contributed by atoms with E-state index < -0.39 is 0 Å². The smallest absolute Gasteiger partial charge is 0.160 e. The highest BCUT2D eigenvalue weighted by Gasteiger charge is 2.17. The van der Waals surface area contributed by atoms with Gasteiger partial charge in [0.15, 0.2) is 5.82 Å². The molecule has 1 unspecified atom stereocenters. The van der Waals surface area contributed by atoms with E-state index in [0.717, 1.165) is 91.4 Å².